The van der Waals surface area contributed by atoms with Crippen LogP contribution in [0.5, 0.6) is 11.6 Å². The zero-order chi connectivity index (χ0) is 25.6. The molecule has 0 radical (unpaired) electrons. The molecular weight excluding hydrogens is 466 g/mol. The molecule has 6 bridgehead atoms. The van der Waals surface area contributed by atoms with Crippen LogP contribution in [0.15, 0.2) is 73.1 Å². The van der Waals surface area contributed by atoms with Crippen LogP contribution in [0.1, 0.15) is 28.1 Å². The molecule has 8 heteroatoms. The Labute approximate surface area is 213 Å². The number of ether oxygens (including phenoxy) is 2. The third kappa shape index (κ3) is 3.68. The first-order valence-corrected chi connectivity index (χ1v) is 11.8. The van der Waals surface area contributed by atoms with E-state index in [0.717, 1.165) is 27.6 Å². The Bertz CT molecular complexity index is 1700. The van der Waals surface area contributed by atoms with Crippen molar-refractivity contribution in [3.05, 3.63) is 101 Å². The quantitative estimate of drug-likeness (QED) is 0.397. The summed E-state index contributed by atoms with van der Waals surface area (Å²) < 4.78 is 13.3. The molecule has 3 heterocycles. The molecule has 1 aliphatic heterocycles. The van der Waals surface area contributed by atoms with Crippen LogP contribution >= 0.6 is 0 Å². The molecule has 1 N–H and O–H groups in total. The fourth-order valence-corrected chi connectivity index (χ4v) is 4.94. The average molecular weight is 490 g/mol. The van der Waals surface area contributed by atoms with Crippen molar-refractivity contribution in [2.75, 3.05) is 13.7 Å². The molecule has 37 heavy (non-hydrogen) atoms. The van der Waals surface area contributed by atoms with Crippen molar-refractivity contribution in [2.45, 2.75) is 12.0 Å². The van der Waals surface area contributed by atoms with E-state index in [1.165, 1.54) is 0 Å². The summed E-state index contributed by atoms with van der Waals surface area (Å²) in [6.07, 6.45) is 2.19. The maximum absolute atomic E-state index is 12.5. The highest BCUT2D eigenvalue weighted by molar-refractivity contribution is 5.96. The third-order valence-electron chi connectivity index (χ3n) is 6.85. The fourth-order valence-electron chi connectivity index (χ4n) is 4.94. The molecule has 1 unspecified atom stereocenters. The molecule has 6 rings (SSSR count). The van der Waals surface area contributed by atoms with Crippen molar-refractivity contribution in [2.24, 2.45) is 7.05 Å². The van der Waals surface area contributed by atoms with E-state index in [0.29, 0.717) is 47.2 Å². The largest absolute Gasteiger partial charge is 0.492 e. The average Bonchev–Trinajstić information content (AvgIpc) is 3.37. The summed E-state index contributed by atoms with van der Waals surface area (Å²) in [6.45, 7) is 0.365. The number of benzene rings is 3. The molecule has 3 aromatic carbocycles. The van der Waals surface area contributed by atoms with Gasteiger partial charge >= 0.3 is 0 Å². The van der Waals surface area contributed by atoms with Crippen LogP contribution in [0.2, 0.25) is 0 Å². The summed E-state index contributed by atoms with van der Waals surface area (Å²) in [5, 5.41) is 31.3. The van der Waals surface area contributed by atoms with E-state index in [1.807, 2.05) is 36.4 Å². The number of fused-ring (bicyclic) bond motifs is 6. The monoisotopic (exact) mass is 489 g/mol. The van der Waals surface area contributed by atoms with Crippen LogP contribution in [0.4, 0.5) is 0 Å². The van der Waals surface area contributed by atoms with E-state index >= 15 is 0 Å². The van der Waals surface area contributed by atoms with Gasteiger partial charge in [-0.25, -0.2) is 4.98 Å². The Morgan fingerprint density at radius 3 is 2.70 bits per heavy atom. The molecule has 0 saturated heterocycles. The number of rotatable bonds is 2. The first kappa shape index (κ1) is 22.7. The second-order valence-corrected chi connectivity index (χ2v) is 9.04. The lowest BCUT2D eigenvalue weighted by atomic mass is 9.83. The Morgan fingerprint density at radius 1 is 1.08 bits per heavy atom. The van der Waals surface area contributed by atoms with Gasteiger partial charge in [-0.3, -0.25) is 0 Å². The predicted octanol–water partition coefficient (Wildman–Crippen LogP) is 4.13. The fraction of sp³-hybridized carbons (Fsp3) is 0.172. The maximum Gasteiger partial charge on any atom is 0.214 e. The molecule has 0 spiro atoms. The molecule has 1 atom stereocenters. The first-order valence-electron chi connectivity index (χ1n) is 11.8. The number of nitriles is 1. The van der Waals surface area contributed by atoms with Crippen molar-refractivity contribution in [3.63, 3.8) is 0 Å². The summed E-state index contributed by atoms with van der Waals surface area (Å²) in [7, 11) is 3.38. The summed E-state index contributed by atoms with van der Waals surface area (Å²) in [5.41, 5.74) is 3.56. The van der Waals surface area contributed by atoms with Crippen LogP contribution in [-0.2, 0) is 19.1 Å². The number of pyridine rings is 1. The summed E-state index contributed by atoms with van der Waals surface area (Å²) >= 11 is 0. The lowest BCUT2D eigenvalue weighted by Gasteiger charge is -2.29. The number of hydrogen-bond acceptors (Lipinski definition) is 7. The van der Waals surface area contributed by atoms with Gasteiger partial charge in [0, 0.05) is 24.9 Å². The Hall–Kier alpha value is -4.74. The lowest BCUT2D eigenvalue weighted by Crippen LogP contribution is -2.32. The number of nitrogens with zero attached hydrogens (tertiary/aromatic N) is 5. The third-order valence-corrected chi connectivity index (χ3v) is 6.85. The van der Waals surface area contributed by atoms with Crippen LogP contribution in [0.3, 0.4) is 0 Å². The van der Waals surface area contributed by atoms with Gasteiger partial charge in [-0.05, 0) is 52.1 Å². The lowest BCUT2D eigenvalue weighted by molar-refractivity contribution is 0.111. The first-order chi connectivity index (χ1) is 18.0. The van der Waals surface area contributed by atoms with Crippen molar-refractivity contribution < 1.29 is 14.6 Å². The number of aromatic nitrogens is 4. The summed E-state index contributed by atoms with van der Waals surface area (Å²) in [5.74, 6) is 1.24. The van der Waals surface area contributed by atoms with E-state index in [2.05, 4.69) is 33.4 Å². The summed E-state index contributed by atoms with van der Waals surface area (Å²) in [6, 6.07) is 23.1. The van der Waals surface area contributed by atoms with Gasteiger partial charge in [0.05, 0.1) is 24.8 Å². The number of aryl methyl sites for hydroxylation is 1. The molecule has 8 nitrogen and oxygen atoms in total. The smallest absolute Gasteiger partial charge is 0.214 e. The number of methoxy groups -OCH3 is 1. The van der Waals surface area contributed by atoms with Gasteiger partial charge < -0.3 is 19.1 Å². The summed E-state index contributed by atoms with van der Waals surface area (Å²) in [4.78, 5) is 4.65. The normalized spacial score (nSPS) is 16.6. The minimum Gasteiger partial charge on any atom is -0.492 e. The SMILES string of the molecule is COc1cc2c3cc(ccc3n1)C(O)(c1nncn1C)c1ccc(C#N)c(c1)OCCc1cccc-2c1. The topological polar surface area (TPSA) is 106 Å². The van der Waals surface area contributed by atoms with Crippen molar-refractivity contribution in [3.8, 4) is 28.8 Å². The zero-order valence-electron chi connectivity index (χ0n) is 20.3. The van der Waals surface area contributed by atoms with Gasteiger partial charge in [-0.2, -0.15) is 5.26 Å². The van der Waals surface area contributed by atoms with Gasteiger partial charge in [-0.15, -0.1) is 10.2 Å². The van der Waals surface area contributed by atoms with E-state index in [1.54, 1.807) is 43.3 Å². The van der Waals surface area contributed by atoms with Crippen molar-refractivity contribution in [1.82, 2.24) is 19.7 Å². The second-order valence-electron chi connectivity index (χ2n) is 9.04. The van der Waals surface area contributed by atoms with E-state index in [9.17, 15) is 10.4 Å². The zero-order valence-corrected chi connectivity index (χ0v) is 20.3. The van der Waals surface area contributed by atoms with Crippen LogP contribution in [0.25, 0.3) is 22.0 Å². The van der Waals surface area contributed by atoms with Gasteiger partial charge in [0.15, 0.2) is 11.4 Å². The maximum atomic E-state index is 12.5. The Morgan fingerprint density at radius 2 is 1.92 bits per heavy atom. The van der Waals surface area contributed by atoms with Gasteiger partial charge in [0.2, 0.25) is 5.88 Å². The molecule has 0 aliphatic carbocycles. The van der Waals surface area contributed by atoms with Crippen LogP contribution < -0.4 is 9.47 Å². The molecule has 1 aliphatic rings. The van der Waals surface area contributed by atoms with Gasteiger partial charge in [-0.1, -0.05) is 36.4 Å². The van der Waals surface area contributed by atoms with Crippen molar-refractivity contribution in [1.29, 1.82) is 5.26 Å². The standard InChI is InChI=1S/C29H23N5O3/c1-34-17-31-33-28(34)29(35)21-8-9-25-24(13-21)23(15-27(32-25)36-2)19-5-3-4-18(12-19)10-11-37-26-14-22(29)7-6-20(26)16-30/h3-9,12-15,17,35H,10-11H2,1-2H3. The van der Waals surface area contributed by atoms with Crippen LogP contribution in [0, 0.1) is 11.3 Å². The molecule has 2 aromatic heterocycles. The van der Waals surface area contributed by atoms with Gasteiger partial charge in [0.25, 0.3) is 0 Å². The molecule has 5 aromatic rings. The highest BCUT2D eigenvalue weighted by Crippen LogP contribution is 2.41. The molecule has 0 amide bonds. The molecule has 0 fully saturated rings. The highest BCUT2D eigenvalue weighted by atomic mass is 16.5. The Kier molecular flexibility index (Phi) is 5.36. The minimum atomic E-state index is -1.69. The molecule has 182 valence electrons. The highest BCUT2D eigenvalue weighted by Gasteiger charge is 2.39. The Balaban J connectivity index is 1.72. The molecule has 0 saturated carbocycles. The van der Waals surface area contributed by atoms with E-state index in [4.69, 9.17) is 9.47 Å². The van der Waals surface area contributed by atoms with Crippen LogP contribution in [-0.4, -0.2) is 38.6 Å². The number of hydrogen-bond donors (Lipinski definition) is 1. The van der Waals surface area contributed by atoms with Crippen molar-refractivity contribution >= 4 is 10.9 Å². The predicted molar refractivity (Wildman–Crippen MR) is 137 cm³/mol. The number of aliphatic hydroxyl groups is 1. The van der Waals surface area contributed by atoms with Gasteiger partial charge in [0.1, 0.15) is 18.1 Å². The second kappa shape index (κ2) is 8.73. The van der Waals surface area contributed by atoms with E-state index in [-0.39, 0.29) is 0 Å². The minimum absolute atomic E-state index is 0.333. The van der Waals surface area contributed by atoms with E-state index < -0.39 is 5.60 Å². The molecular formula is C29H23N5O3.